The van der Waals surface area contributed by atoms with E-state index in [-0.39, 0.29) is 11.4 Å². The second-order valence-corrected chi connectivity index (χ2v) is 7.41. The summed E-state index contributed by atoms with van der Waals surface area (Å²) in [4.78, 5) is 11.4. The highest BCUT2D eigenvalue weighted by atomic mass is 16.5. The van der Waals surface area contributed by atoms with E-state index in [1.165, 1.54) is 18.9 Å². The average Bonchev–Trinajstić information content (AvgIpc) is 2.95. The third-order valence-corrected chi connectivity index (χ3v) is 5.70. The van der Waals surface area contributed by atoms with Crippen LogP contribution in [0, 0.1) is 29.1 Å². The molecule has 0 radical (unpaired) electrons. The topological polar surface area (TPSA) is 26.3 Å². The Morgan fingerprint density at radius 2 is 1.95 bits per heavy atom. The molecule has 0 bridgehead atoms. The van der Waals surface area contributed by atoms with Crippen molar-refractivity contribution in [1.29, 1.82) is 0 Å². The van der Waals surface area contributed by atoms with Crippen molar-refractivity contribution in [1.82, 2.24) is 0 Å². The van der Waals surface area contributed by atoms with Gasteiger partial charge < -0.3 is 4.74 Å². The lowest BCUT2D eigenvalue weighted by molar-refractivity contribution is -0.137. The molecular formula is C20H26O2. The van der Waals surface area contributed by atoms with Gasteiger partial charge in [0.2, 0.25) is 0 Å². The second-order valence-electron chi connectivity index (χ2n) is 7.41. The molecule has 2 heteroatoms. The molecule has 1 aromatic rings. The summed E-state index contributed by atoms with van der Waals surface area (Å²) in [6, 6.07) is 10.7. The fraction of sp³-hybridized carbons (Fsp3) is 0.550. The lowest BCUT2D eigenvalue weighted by Gasteiger charge is -2.23. The minimum absolute atomic E-state index is 0.188. The van der Waals surface area contributed by atoms with Crippen LogP contribution in [0.15, 0.2) is 42.2 Å². The Labute approximate surface area is 133 Å². The van der Waals surface area contributed by atoms with E-state index < -0.39 is 0 Å². The quantitative estimate of drug-likeness (QED) is 0.742. The summed E-state index contributed by atoms with van der Waals surface area (Å²) in [5.41, 5.74) is 1.68. The first-order valence-corrected chi connectivity index (χ1v) is 8.38. The minimum Gasteiger partial charge on any atom is -0.431 e. The van der Waals surface area contributed by atoms with Crippen LogP contribution in [0.2, 0.25) is 0 Å². The molecule has 1 aromatic carbocycles. The van der Waals surface area contributed by atoms with Crippen LogP contribution < -0.4 is 0 Å². The number of fused-ring (bicyclic) bond motifs is 1. The third kappa shape index (κ3) is 2.49. The Balaban J connectivity index is 1.72. The number of ether oxygens (including phenoxy) is 1. The van der Waals surface area contributed by atoms with Crippen molar-refractivity contribution in [2.24, 2.45) is 29.1 Å². The summed E-state index contributed by atoms with van der Waals surface area (Å²) in [5, 5.41) is 0. The van der Waals surface area contributed by atoms with E-state index in [0.717, 1.165) is 12.2 Å². The summed E-state index contributed by atoms with van der Waals surface area (Å²) >= 11 is 0. The fourth-order valence-electron chi connectivity index (χ4n) is 4.66. The summed E-state index contributed by atoms with van der Waals surface area (Å²) in [6.07, 6.45) is 4.50. The molecule has 0 amide bonds. The van der Waals surface area contributed by atoms with Gasteiger partial charge in [0, 0.05) is 12.8 Å². The third-order valence-electron chi connectivity index (χ3n) is 5.70. The first-order valence-electron chi connectivity index (χ1n) is 8.38. The van der Waals surface area contributed by atoms with Crippen LogP contribution in [0.5, 0.6) is 0 Å². The lowest BCUT2D eigenvalue weighted by Crippen LogP contribution is -2.17. The Morgan fingerprint density at radius 1 is 1.27 bits per heavy atom. The van der Waals surface area contributed by atoms with E-state index in [9.17, 15) is 4.79 Å². The zero-order valence-corrected chi connectivity index (χ0v) is 14.0. The zero-order chi connectivity index (χ0) is 15.9. The van der Waals surface area contributed by atoms with Gasteiger partial charge in [-0.15, -0.1) is 0 Å². The number of allylic oxidation sites excluding steroid dienone is 2. The Hall–Kier alpha value is -1.57. The van der Waals surface area contributed by atoms with Gasteiger partial charge in [-0.2, -0.15) is 0 Å². The molecule has 2 aliphatic rings. The van der Waals surface area contributed by atoms with Crippen LogP contribution in [0.3, 0.4) is 0 Å². The highest BCUT2D eigenvalue weighted by molar-refractivity contribution is 5.68. The highest BCUT2D eigenvalue weighted by Crippen LogP contribution is 2.73. The normalized spacial score (nSPS) is 32.6. The molecule has 0 spiro atoms. The first kappa shape index (κ1) is 15.3. The molecule has 1 fully saturated rings. The number of rotatable bonds is 5. The van der Waals surface area contributed by atoms with Crippen LogP contribution in [0.1, 0.15) is 39.7 Å². The zero-order valence-electron chi connectivity index (χ0n) is 14.0. The molecule has 4 atom stereocenters. The number of hydrogen-bond donors (Lipinski definition) is 0. The van der Waals surface area contributed by atoms with Crippen molar-refractivity contribution in [2.75, 3.05) is 0 Å². The first-order chi connectivity index (χ1) is 10.4. The largest absolute Gasteiger partial charge is 0.431 e. The maximum atomic E-state index is 11.4. The molecule has 22 heavy (non-hydrogen) atoms. The molecule has 0 aromatic heterocycles. The maximum Gasteiger partial charge on any atom is 0.307 e. The molecule has 118 valence electrons. The molecule has 1 saturated carbocycles. The van der Waals surface area contributed by atoms with Gasteiger partial charge in [-0.1, -0.05) is 51.1 Å². The average molecular weight is 298 g/mol. The van der Waals surface area contributed by atoms with E-state index in [2.05, 4.69) is 57.2 Å². The molecule has 2 nitrogen and oxygen atoms in total. The highest BCUT2D eigenvalue weighted by Gasteiger charge is 2.69. The van der Waals surface area contributed by atoms with Gasteiger partial charge in [-0.05, 0) is 47.6 Å². The number of carbonyl (C=O) groups excluding carboxylic acids is 1. The summed E-state index contributed by atoms with van der Waals surface area (Å²) in [7, 11) is 0. The van der Waals surface area contributed by atoms with Gasteiger partial charge in [0.15, 0.2) is 0 Å². The predicted octanol–water partition coefficient (Wildman–Crippen LogP) is 4.60. The van der Waals surface area contributed by atoms with E-state index in [4.69, 9.17) is 4.74 Å². The molecule has 0 aliphatic heterocycles. The van der Waals surface area contributed by atoms with E-state index in [1.54, 1.807) is 0 Å². The van der Waals surface area contributed by atoms with Crippen molar-refractivity contribution in [2.45, 2.75) is 40.5 Å². The minimum atomic E-state index is -0.188. The lowest BCUT2D eigenvalue weighted by atomic mass is 9.81. The number of benzene rings is 1. The number of hydrogen-bond acceptors (Lipinski definition) is 2. The maximum absolute atomic E-state index is 11.4. The molecule has 0 saturated heterocycles. The van der Waals surface area contributed by atoms with E-state index in [0.29, 0.717) is 23.7 Å². The monoisotopic (exact) mass is 298 g/mol. The smallest absolute Gasteiger partial charge is 0.307 e. The van der Waals surface area contributed by atoms with Crippen molar-refractivity contribution in [3.05, 3.63) is 47.7 Å². The molecular weight excluding hydrogens is 272 g/mol. The van der Waals surface area contributed by atoms with Gasteiger partial charge in [0.1, 0.15) is 5.76 Å². The molecule has 0 heterocycles. The SMILES string of the molecule is CC(=O)OC1=C[C@H](C(C)C)[C@@]2(C)[C@H](CCc3ccccc3)[C@@H]12. The Morgan fingerprint density at radius 3 is 2.55 bits per heavy atom. The molecule has 0 unspecified atom stereocenters. The van der Waals surface area contributed by atoms with Crippen LogP contribution in [-0.2, 0) is 16.0 Å². The number of aryl methyl sites for hydroxylation is 1. The summed E-state index contributed by atoms with van der Waals surface area (Å²) in [5.74, 6) is 2.93. The predicted molar refractivity (Wildman–Crippen MR) is 88.0 cm³/mol. The van der Waals surface area contributed by atoms with Crippen molar-refractivity contribution in [3.8, 4) is 0 Å². The number of esters is 1. The van der Waals surface area contributed by atoms with Gasteiger partial charge in [0.25, 0.3) is 0 Å². The molecule has 3 rings (SSSR count). The van der Waals surface area contributed by atoms with Crippen LogP contribution in [0.25, 0.3) is 0 Å². The van der Waals surface area contributed by atoms with Crippen LogP contribution >= 0.6 is 0 Å². The Bertz CT molecular complexity index is 587. The van der Waals surface area contributed by atoms with Crippen molar-refractivity contribution in [3.63, 3.8) is 0 Å². The standard InChI is InChI=1S/C20H26O2/c1-13(2)17-12-18(22-14(3)21)19-16(20(17,19)4)11-10-15-8-6-5-7-9-15/h5-9,12-13,16-17,19H,10-11H2,1-4H3/t16-,17-,19+,20-/m1/s1. The van der Waals surface area contributed by atoms with E-state index >= 15 is 0 Å². The van der Waals surface area contributed by atoms with Gasteiger partial charge in [-0.25, -0.2) is 0 Å². The van der Waals surface area contributed by atoms with Gasteiger partial charge in [-0.3, -0.25) is 4.79 Å². The van der Waals surface area contributed by atoms with Crippen LogP contribution in [0.4, 0.5) is 0 Å². The van der Waals surface area contributed by atoms with Gasteiger partial charge in [0.05, 0.1) is 0 Å². The van der Waals surface area contributed by atoms with Crippen molar-refractivity contribution < 1.29 is 9.53 Å². The van der Waals surface area contributed by atoms with Crippen molar-refractivity contribution >= 4 is 5.97 Å². The fourth-order valence-corrected chi connectivity index (χ4v) is 4.66. The molecule has 0 N–H and O–H groups in total. The molecule has 2 aliphatic carbocycles. The van der Waals surface area contributed by atoms with Gasteiger partial charge >= 0.3 is 5.97 Å². The summed E-state index contributed by atoms with van der Waals surface area (Å²) < 4.78 is 5.52. The Kier molecular flexibility index (Phi) is 3.88. The second kappa shape index (κ2) is 5.57. The van der Waals surface area contributed by atoms with Crippen LogP contribution in [-0.4, -0.2) is 5.97 Å². The number of carbonyl (C=O) groups is 1. The van der Waals surface area contributed by atoms with E-state index in [1.807, 2.05) is 0 Å². The summed E-state index contributed by atoms with van der Waals surface area (Å²) in [6.45, 7) is 8.42.